The predicted molar refractivity (Wildman–Crippen MR) is 106 cm³/mol. The van der Waals surface area contributed by atoms with Gasteiger partial charge in [0.05, 0.1) is 0 Å². The van der Waals surface area contributed by atoms with Crippen molar-refractivity contribution in [2.75, 3.05) is 6.54 Å². The molecule has 0 saturated heterocycles. The van der Waals surface area contributed by atoms with E-state index in [0.29, 0.717) is 28.3 Å². The monoisotopic (exact) mass is 401 g/mol. The van der Waals surface area contributed by atoms with E-state index >= 15 is 0 Å². The summed E-state index contributed by atoms with van der Waals surface area (Å²) < 4.78 is 5.28. The van der Waals surface area contributed by atoms with Gasteiger partial charge in [0, 0.05) is 28.2 Å². The topological polar surface area (TPSA) is 59.2 Å². The van der Waals surface area contributed by atoms with Gasteiger partial charge in [-0.25, -0.2) is 0 Å². The van der Waals surface area contributed by atoms with Gasteiger partial charge in [0.2, 0.25) is 17.6 Å². The second-order valence-electron chi connectivity index (χ2n) is 5.73. The van der Waals surface area contributed by atoms with E-state index in [-0.39, 0.29) is 12.5 Å². The van der Waals surface area contributed by atoms with Crippen LogP contribution in [0.25, 0.3) is 17.5 Å². The van der Waals surface area contributed by atoms with Gasteiger partial charge >= 0.3 is 0 Å². The molecule has 0 aliphatic rings. The highest BCUT2D eigenvalue weighted by Gasteiger charge is 2.15. The number of hydrogen-bond acceptors (Lipinski definition) is 4. The Hall–Kier alpha value is -2.63. The van der Waals surface area contributed by atoms with Crippen molar-refractivity contribution in [3.05, 3.63) is 76.1 Å². The molecule has 3 rings (SSSR count). The number of carbonyl (C=O) groups is 1. The van der Waals surface area contributed by atoms with E-state index in [2.05, 4.69) is 10.1 Å². The average Bonchev–Trinajstić information content (AvgIpc) is 3.14. The molecule has 1 heterocycles. The minimum absolute atomic E-state index is 0.163. The fourth-order valence-electron chi connectivity index (χ4n) is 2.42. The van der Waals surface area contributed by atoms with Gasteiger partial charge in [-0.05, 0) is 48.9 Å². The first-order chi connectivity index (χ1) is 13.1. The molecular formula is C20H17Cl2N3O2. The summed E-state index contributed by atoms with van der Waals surface area (Å²) in [7, 11) is 0. The van der Waals surface area contributed by atoms with Crippen LogP contribution in [0.1, 0.15) is 18.4 Å². The molecule has 7 heteroatoms. The van der Waals surface area contributed by atoms with Crippen LogP contribution in [0.2, 0.25) is 10.0 Å². The maximum atomic E-state index is 12.5. The zero-order valence-corrected chi connectivity index (χ0v) is 16.1. The minimum Gasteiger partial charge on any atom is -0.337 e. The molecule has 0 aliphatic heterocycles. The third-order valence-corrected chi connectivity index (χ3v) is 4.50. The Labute approximate surface area is 167 Å². The van der Waals surface area contributed by atoms with E-state index in [1.807, 2.05) is 37.3 Å². The number of halogens is 2. The van der Waals surface area contributed by atoms with Crippen LogP contribution in [-0.4, -0.2) is 27.5 Å². The number of hydrogen-bond donors (Lipinski definition) is 0. The van der Waals surface area contributed by atoms with Crippen LogP contribution < -0.4 is 0 Å². The Morgan fingerprint density at radius 1 is 1.15 bits per heavy atom. The number of carbonyl (C=O) groups excluding carboxylic acids is 1. The highest BCUT2D eigenvalue weighted by molar-refractivity contribution is 6.32. The first-order valence-electron chi connectivity index (χ1n) is 8.37. The van der Waals surface area contributed by atoms with Crippen LogP contribution >= 0.6 is 23.2 Å². The SMILES string of the molecule is CCN(Cc1nc(-c2ccc(Cl)cc2)no1)C(=O)/C=C/c1ccccc1Cl. The summed E-state index contributed by atoms with van der Waals surface area (Å²) in [5, 5.41) is 5.19. The number of benzene rings is 2. The molecule has 0 aliphatic carbocycles. The first kappa shape index (κ1) is 19.1. The molecular weight excluding hydrogens is 385 g/mol. The maximum absolute atomic E-state index is 12.5. The van der Waals surface area contributed by atoms with Gasteiger partial charge in [-0.1, -0.05) is 46.6 Å². The third-order valence-electron chi connectivity index (χ3n) is 3.90. The zero-order valence-electron chi connectivity index (χ0n) is 14.6. The molecule has 0 saturated carbocycles. The fourth-order valence-corrected chi connectivity index (χ4v) is 2.75. The molecule has 0 fully saturated rings. The third kappa shape index (κ3) is 4.96. The number of aromatic nitrogens is 2. The highest BCUT2D eigenvalue weighted by Crippen LogP contribution is 2.19. The summed E-state index contributed by atoms with van der Waals surface area (Å²) >= 11 is 12.0. The lowest BCUT2D eigenvalue weighted by atomic mass is 10.2. The van der Waals surface area contributed by atoms with Crippen molar-refractivity contribution in [1.29, 1.82) is 0 Å². The summed E-state index contributed by atoms with van der Waals surface area (Å²) in [4.78, 5) is 18.4. The average molecular weight is 402 g/mol. The summed E-state index contributed by atoms with van der Waals surface area (Å²) in [6, 6.07) is 14.5. The molecule has 2 aromatic carbocycles. The van der Waals surface area contributed by atoms with Gasteiger partial charge in [-0.2, -0.15) is 4.98 Å². The van der Waals surface area contributed by atoms with E-state index in [0.717, 1.165) is 11.1 Å². The summed E-state index contributed by atoms with van der Waals surface area (Å²) in [6.07, 6.45) is 3.18. The lowest BCUT2D eigenvalue weighted by Gasteiger charge is -2.16. The standard InChI is InChI=1S/C20H17Cl2N3O2/c1-2-25(19(26)12-9-14-5-3-4-6-17(14)22)13-18-23-20(24-27-18)15-7-10-16(21)11-8-15/h3-12H,2,13H2,1H3/b12-9+. The Bertz CT molecular complexity index is 952. The molecule has 1 amide bonds. The van der Waals surface area contributed by atoms with Crippen molar-refractivity contribution in [2.24, 2.45) is 0 Å². The van der Waals surface area contributed by atoms with Crippen molar-refractivity contribution in [2.45, 2.75) is 13.5 Å². The van der Waals surface area contributed by atoms with Crippen LogP contribution in [0.4, 0.5) is 0 Å². The number of nitrogens with zero attached hydrogens (tertiary/aromatic N) is 3. The second-order valence-corrected chi connectivity index (χ2v) is 6.57. The minimum atomic E-state index is -0.163. The molecule has 0 spiro atoms. The molecule has 1 aromatic heterocycles. The van der Waals surface area contributed by atoms with Gasteiger partial charge < -0.3 is 9.42 Å². The smallest absolute Gasteiger partial charge is 0.247 e. The van der Waals surface area contributed by atoms with Crippen LogP contribution in [0.5, 0.6) is 0 Å². The van der Waals surface area contributed by atoms with Crippen molar-refractivity contribution < 1.29 is 9.32 Å². The zero-order chi connectivity index (χ0) is 19.2. The van der Waals surface area contributed by atoms with E-state index in [4.69, 9.17) is 27.7 Å². The summed E-state index contributed by atoms with van der Waals surface area (Å²) in [6.45, 7) is 2.62. The van der Waals surface area contributed by atoms with Crippen molar-refractivity contribution in [3.63, 3.8) is 0 Å². The van der Waals surface area contributed by atoms with Gasteiger partial charge in [0.15, 0.2) is 0 Å². The van der Waals surface area contributed by atoms with Crippen LogP contribution in [0.3, 0.4) is 0 Å². The Morgan fingerprint density at radius 3 is 2.59 bits per heavy atom. The van der Waals surface area contributed by atoms with Gasteiger partial charge in [0.25, 0.3) is 0 Å². The van der Waals surface area contributed by atoms with Gasteiger partial charge in [-0.15, -0.1) is 0 Å². The Kier molecular flexibility index (Phi) is 6.27. The normalized spacial score (nSPS) is 11.1. The molecule has 0 radical (unpaired) electrons. The molecule has 0 unspecified atom stereocenters. The molecule has 0 atom stereocenters. The summed E-state index contributed by atoms with van der Waals surface area (Å²) in [5.41, 5.74) is 1.58. The lowest BCUT2D eigenvalue weighted by molar-refractivity contribution is -0.126. The van der Waals surface area contributed by atoms with Crippen molar-refractivity contribution >= 4 is 35.2 Å². The molecule has 5 nitrogen and oxygen atoms in total. The van der Waals surface area contributed by atoms with Crippen LogP contribution in [0.15, 0.2) is 59.1 Å². The first-order valence-corrected chi connectivity index (χ1v) is 9.12. The van der Waals surface area contributed by atoms with Crippen molar-refractivity contribution in [3.8, 4) is 11.4 Å². The van der Waals surface area contributed by atoms with Crippen LogP contribution in [-0.2, 0) is 11.3 Å². The largest absolute Gasteiger partial charge is 0.337 e. The fraction of sp³-hybridized carbons (Fsp3) is 0.150. The summed E-state index contributed by atoms with van der Waals surface area (Å²) in [5.74, 6) is 0.654. The second kappa shape index (κ2) is 8.84. The molecule has 0 bridgehead atoms. The quantitative estimate of drug-likeness (QED) is 0.538. The van der Waals surface area contributed by atoms with E-state index in [9.17, 15) is 4.79 Å². The predicted octanol–water partition coefficient (Wildman–Crippen LogP) is 5.11. The molecule has 27 heavy (non-hydrogen) atoms. The molecule has 0 N–H and O–H groups in total. The maximum Gasteiger partial charge on any atom is 0.247 e. The number of rotatable bonds is 6. The Balaban J connectivity index is 1.69. The van der Waals surface area contributed by atoms with Crippen LogP contribution in [0, 0.1) is 0 Å². The molecule has 3 aromatic rings. The van der Waals surface area contributed by atoms with Crippen molar-refractivity contribution in [1.82, 2.24) is 15.0 Å². The molecule has 138 valence electrons. The van der Waals surface area contributed by atoms with Gasteiger partial charge in [-0.3, -0.25) is 4.79 Å². The Morgan fingerprint density at radius 2 is 1.89 bits per heavy atom. The van der Waals surface area contributed by atoms with E-state index in [1.165, 1.54) is 6.08 Å². The van der Waals surface area contributed by atoms with Gasteiger partial charge in [0.1, 0.15) is 6.54 Å². The number of likely N-dealkylation sites (N-methyl/N-ethyl adjacent to an activating group) is 1. The number of amides is 1. The van der Waals surface area contributed by atoms with E-state index < -0.39 is 0 Å². The lowest BCUT2D eigenvalue weighted by Crippen LogP contribution is -2.28. The highest BCUT2D eigenvalue weighted by atomic mass is 35.5. The van der Waals surface area contributed by atoms with E-state index in [1.54, 1.807) is 29.2 Å².